The highest BCUT2D eigenvalue weighted by Gasteiger charge is 2.20. The highest BCUT2D eigenvalue weighted by molar-refractivity contribution is 9.10. The van der Waals surface area contributed by atoms with Crippen LogP contribution in [0.25, 0.3) is 0 Å². The highest BCUT2D eigenvalue weighted by atomic mass is 79.9. The monoisotopic (exact) mass is 348 g/mol. The molecular formula is C14H9BrF4O. The smallest absolute Gasteiger partial charge is 0.194 e. The summed E-state index contributed by atoms with van der Waals surface area (Å²) < 4.78 is 52.9. The van der Waals surface area contributed by atoms with Gasteiger partial charge in [0.2, 0.25) is 0 Å². The highest BCUT2D eigenvalue weighted by Crippen LogP contribution is 2.28. The van der Waals surface area contributed by atoms with Crippen molar-refractivity contribution in [1.82, 2.24) is 0 Å². The lowest BCUT2D eigenvalue weighted by Crippen LogP contribution is -2.07. The van der Waals surface area contributed by atoms with Gasteiger partial charge in [-0.25, -0.2) is 17.6 Å². The van der Waals surface area contributed by atoms with E-state index in [1.54, 1.807) is 0 Å². The molecule has 0 aliphatic carbocycles. The molecular weight excluding hydrogens is 340 g/mol. The number of hydrogen-bond acceptors (Lipinski definition) is 1. The van der Waals surface area contributed by atoms with Crippen LogP contribution in [0.3, 0.4) is 0 Å². The fraction of sp³-hybridized carbons (Fsp3) is 0.143. The quantitative estimate of drug-likeness (QED) is 0.648. The molecule has 1 unspecified atom stereocenters. The van der Waals surface area contributed by atoms with Crippen LogP contribution in [0, 0.1) is 23.3 Å². The fourth-order valence-electron chi connectivity index (χ4n) is 1.82. The van der Waals surface area contributed by atoms with Gasteiger partial charge in [-0.3, -0.25) is 0 Å². The molecule has 2 rings (SSSR count). The van der Waals surface area contributed by atoms with Crippen LogP contribution in [0.15, 0.2) is 34.8 Å². The summed E-state index contributed by atoms with van der Waals surface area (Å²) in [6.07, 6.45) is -1.55. The third-order valence-electron chi connectivity index (χ3n) is 2.87. The normalized spacial score (nSPS) is 12.5. The van der Waals surface area contributed by atoms with E-state index in [0.29, 0.717) is 5.56 Å². The summed E-state index contributed by atoms with van der Waals surface area (Å²) >= 11 is 3.01. The lowest BCUT2D eigenvalue weighted by Gasteiger charge is -2.14. The SMILES string of the molecule is OC(Cc1cccc(F)c1Br)c1ccc(F)c(F)c1F. The third-order valence-corrected chi connectivity index (χ3v) is 3.76. The van der Waals surface area contributed by atoms with Crippen molar-refractivity contribution in [3.8, 4) is 0 Å². The topological polar surface area (TPSA) is 20.2 Å². The minimum atomic E-state index is -1.64. The summed E-state index contributed by atoms with van der Waals surface area (Å²) in [5.74, 6) is -4.93. The standard InChI is InChI=1S/C14H9BrF4O/c15-12-7(2-1-3-9(12)16)6-11(20)8-4-5-10(17)14(19)13(8)18/h1-5,11,20H,6H2. The maximum atomic E-state index is 13.5. The molecule has 1 N–H and O–H groups in total. The molecule has 2 aromatic rings. The van der Waals surface area contributed by atoms with Gasteiger partial charge < -0.3 is 5.11 Å². The van der Waals surface area contributed by atoms with Crippen LogP contribution in [0.2, 0.25) is 0 Å². The van der Waals surface area contributed by atoms with Gasteiger partial charge in [0.1, 0.15) is 5.82 Å². The summed E-state index contributed by atoms with van der Waals surface area (Å²) in [7, 11) is 0. The van der Waals surface area contributed by atoms with Gasteiger partial charge in [-0.05, 0) is 33.6 Å². The molecule has 0 amide bonds. The second-order valence-corrected chi connectivity index (χ2v) is 4.99. The van der Waals surface area contributed by atoms with Crippen molar-refractivity contribution in [3.63, 3.8) is 0 Å². The van der Waals surface area contributed by atoms with E-state index in [1.807, 2.05) is 0 Å². The minimum Gasteiger partial charge on any atom is -0.388 e. The van der Waals surface area contributed by atoms with Gasteiger partial charge in [0.25, 0.3) is 0 Å². The van der Waals surface area contributed by atoms with Crippen molar-refractivity contribution < 1.29 is 22.7 Å². The van der Waals surface area contributed by atoms with Crippen LogP contribution in [0.4, 0.5) is 17.6 Å². The number of hydrogen-bond donors (Lipinski definition) is 1. The van der Waals surface area contributed by atoms with E-state index in [4.69, 9.17) is 0 Å². The molecule has 0 spiro atoms. The maximum Gasteiger partial charge on any atom is 0.194 e. The molecule has 0 saturated heterocycles. The van der Waals surface area contributed by atoms with Crippen LogP contribution < -0.4 is 0 Å². The van der Waals surface area contributed by atoms with E-state index >= 15 is 0 Å². The zero-order chi connectivity index (χ0) is 14.9. The van der Waals surface area contributed by atoms with Gasteiger partial charge in [0, 0.05) is 12.0 Å². The lowest BCUT2D eigenvalue weighted by molar-refractivity contribution is 0.171. The minimum absolute atomic E-state index is 0.139. The molecule has 106 valence electrons. The molecule has 1 nitrogen and oxygen atoms in total. The fourth-order valence-corrected chi connectivity index (χ4v) is 2.25. The van der Waals surface area contributed by atoms with E-state index in [1.165, 1.54) is 18.2 Å². The van der Waals surface area contributed by atoms with Crippen molar-refractivity contribution in [2.24, 2.45) is 0 Å². The molecule has 0 heterocycles. The number of halogens is 5. The molecule has 6 heteroatoms. The van der Waals surface area contributed by atoms with Crippen molar-refractivity contribution in [2.75, 3.05) is 0 Å². The summed E-state index contributed by atoms with van der Waals surface area (Å²) in [5, 5.41) is 9.91. The van der Waals surface area contributed by atoms with E-state index in [9.17, 15) is 22.7 Å². The average molecular weight is 349 g/mol. The van der Waals surface area contributed by atoms with E-state index < -0.39 is 29.4 Å². The zero-order valence-electron chi connectivity index (χ0n) is 10.0. The Morgan fingerprint density at radius 2 is 1.65 bits per heavy atom. The Morgan fingerprint density at radius 3 is 2.35 bits per heavy atom. The van der Waals surface area contributed by atoms with Gasteiger partial charge in [0.05, 0.1) is 10.6 Å². The average Bonchev–Trinajstić information content (AvgIpc) is 2.41. The maximum absolute atomic E-state index is 13.5. The molecule has 0 bridgehead atoms. The van der Waals surface area contributed by atoms with Crippen LogP contribution in [-0.2, 0) is 6.42 Å². The van der Waals surface area contributed by atoms with Crippen LogP contribution in [0.5, 0.6) is 0 Å². The Bertz CT molecular complexity index is 645. The number of aliphatic hydroxyl groups is 1. The summed E-state index contributed by atoms with van der Waals surface area (Å²) in [6, 6.07) is 5.89. The second-order valence-electron chi connectivity index (χ2n) is 4.20. The number of rotatable bonds is 3. The van der Waals surface area contributed by atoms with Crippen LogP contribution >= 0.6 is 15.9 Å². The Labute approximate surface area is 121 Å². The summed E-state index contributed by atoms with van der Waals surface area (Å²) in [6.45, 7) is 0. The third kappa shape index (κ3) is 2.86. The van der Waals surface area contributed by atoms with Crippen molar-refractivity contribution >= 4 is 15.9 Å². The predicted octanol–water partition coefficient (Wildman–Crippen LogP) is 4.28. The lowest BCUT2D eigenvalue weighted by atomic mass is 10.0. The number of aliphatic hydroxyl groups excluding tert-OH is 1. The van der Waals surface area contributed by atoms with E-state index in [2.05, 4.69) is 15.9 Å². The molecule has 0 radical (unpaired) electrons. The Kier molecular flexibility index (Phi) is 4.45. The largest absolute Gasteiger partial charge is 0.388 e. The van der Waals surface area contributed by atoms with Gasteiger partial charge >= 0.3 is 0 Å². The Hall–Kier alpha value is -1.40. The van der Waals surface area contributed by atoms with Crippen LogP contribution in [-0.4, -0.2) is 5.11 Å². The summed E-state index contributed by atoms with van der Waals surface area (Å²) in [5.41, 5.74) is 0.0155. The molecule has 1 atom stereocenters. The molecule has 20 heavy (non-hydrogen) atoms. The molecule has 0 aromatic heterocycles. The second kappa shape index (κ2) is 5.93. The predicted molar refractivity (Wildman–Crippen MR) is 69.1 cm³/mol. The van der Waals surface area contributed by atoms with E-state index in [-0.39, 0.29) is 16.5 Å². The Morgan fingerprint density at radius 1 is 0.950 bits per heavy atom. The molecule has 0 fully saturated rings. The van der Waals surface area contributed by atoms with Gasteiger partial charge in [0.15, 0.2) is 17.5 Å². The van der Waals surface area contributed by atoms with Gasteiger partial charge in [-0.15, -0.1) is 0 Å². The molecule has 0 aliphatic rings. The van der Waals surface area contributed by atoms with Crippen LogP contribution in [0.1, 0.15) is 17.2 Å². The van der Waals surface area contributed by atoms with E-state index in [0.717, 1.165) is 12.1 Å². The van der Waals surface area contributed by atoms with Gasteiger partial charge in [-0.2, -0.15) is 0 Å². The molecule has 0 aliphatic heterocycles. The summed E-state index contributed by atoms with van der Waals surface area (Å²) in [4.78, 5) is 0. The van der Waals surface area contributed by atoms with Crippen molar-refractivity contribution in [1.29, 1.82) is 0 Å². The number of benzene rings is 2. The first kappa shape index (κ1) is 15.0. The van der Waals surface area contributed by atoms with Crippen molar-refractivity contribution in [2.45, 2.75) is 12.5 Å². The molecule has 0 saturated carbocycles. The first-order valence-electron chi connectivity index (χ1n) is 5.66. The van der Waals surface area contributed by atoms with Crippen molar-refractivity contribution in [3.05, 3.63) is 69.2 Å². The Balaban J connectivity index is 2.31. The van der Waals surface area contributed by atoms with Gasteiger partial charge in [-0.1, -0.05) is 18.2 Å². The first-order valence-corrected chi connectivity index (χ1v) is 6.45. The molecule has 2 aromatic carbocycles. The zero-order valence-corrected chi connectivity index (χ0v) is 11.6. The first-order chi connectivity index (χ1) is 9.41.